The third-order valence-corrected chi connectivity index (χ3v) is 9.19. The van der Waals surface area contributed by atoms with Crippen LogP contribution in [0.5, 0.6) is 0 Å². The predicted molar refractivity (Wildman–Crippen MR) is 196 cm³/mol. The second kappa shape index (κ2) is 35.1. The number of allylic oxidation sites excluding steroid dienone is 4. The van der Waals surface area contributed by atoms with Crippen LogP contribution in [0.4, 0.5) is 0 Å². The first-order valence-corrected chi connectivity index (χ1v) is 19.7. The van der Waals surface area contributed by atoms with Crippen LogP contribution in [-0.4, -0.2) is 57.3 Å². The zero-order valence-electron chi connectivity index (χ0n) is 30.3. The Morgan fingerprint density at radius 2 is 0.913 bits per heavy atom. The summed E-state index contributed by atoms with van der Waals surface area (Å²) in [7, 11) is 0. The van der Waals surface area contributed by atoms with Gasteiger partial charge in [-0.15, -0.1) is 0 Å². The Balaban J connectivity index is 3.81. The smallest absolute Gasteiger partial charge is 0.249 e. The van der Waals surface area contributed by atoms with Gasteiger partial charge in [-0.2, -0.15) is 0 Å². The van der Waals surface area contributed by atoms with Gasteiger partial charge < -0.3 is 25.7 Å². The molecule has 6 heteroatoms. The molecular formula is C40H77NO5. The highest BCUT2D eigenvalue weighted by molar-refractivity contribution is 5.80. The van der Waals surface area contributed by atoms with Gasteiger partial charge in [-0.05, 0) is 38.5 Å². The van der Waals surface area contributed by atoms with Crippen LogP contribution < -0.4 is 5.32 Å². The lowest BCUT2D eigenvalue weighted by Crippen LogP contribution is -2.53. The van der Waals surface area contributed by atoms with E-state index < -0.39 is 36.9 Å². The predicted octanol–water partition coefficient (Wildman–Crippen LogP) is 9.62. The van der Waals surface area contributed by atoms with Gasteiger partial charge in [-0.25, -0.2) is 0 Å². The Morgan fingerprint density at radius 3 is 1.37 bits per heavy atom. The first-order chi connectivity index (χ1) is 22.5. The molecular weight excluding hydrogens is 574 g/mol. The molecule has 0 aromatic heterocycles. The monoisotopic (exact) mass is 652 g/mol. The highest BCUT2D eigenvalue weighted by atomic mass is 16.3. The van der Waals surface area contributed by atoms with Gasteiger partial charge in [0.15, 0.2) is 0 Å². The molecule has 0 rings (SSSR count). The lowest BCUT2D eigenvalue weighted by molar-refractivity contribution is -0.132. The Labute approximate surface area is 284 Å². The molecule has 6 nitrogen and oxygen atoms in total. The van der Waals surface area contributed by atoms with Crippen LogP contribution in [0.2, 0.25) is 0 Å². The number of rotatable bonds is 35. The summed E-state index contributed by atoms with van der Waals surface area (Å²) in [4.78, 5) is 12.4. The van der Waals surface area contributed by atoms with Crippen molar-refractivity contribution < 1.29 is 25.2 Å². The van der Waals surface area contributed by atoms with Crippen molar-refractivity contribution in [3.05, 3.63) is 24.3 Å². The maximum Gasteiger partial charge on any atom is 0.249 e. The molecule has 1 amide bonds. The topological polar surface area (TPSA) is 110 Å². The Hall–Kier alpha value is -1.21. The van der Waals surface area contributed by atoms with Gasteiger partial charge in [0, 0.05) is 0 Å². The third kappa shape index (κ3) is 29.0. The van der Waals surface area contributed by atoms with Crippen molar-refractivity contribution in [1.29, 1.82) is 0 Å². The molecule has 272 valence electrons. The minimum Gasteiger partial charge on any atom is -0.394 e. The van der Waals surface area contributed by atoms with Crippen LogP contribution in [0.3, 0.4) is 0 Å². The number of hydrogen-bond acceptors (Lipinski definition) is 5. The van der Waals surface area contributed by atoms with Crippen LogP contribution in [-0.2, 0) is 4.79 Å². The summed E-state index contributed by atoms with van der Waals surface area (Å²) in [6.45, 7) is 4.00. The normalized spacial score (nSPS) is 14.7. The van der Waals surface area contributed by atoms with Crippen LogP contribution in [0, 0.1) is 0 Å². The standard InChI is InChI=1S/C40H77NO5/c1-3-5-7-9-11-13-15-17-19-20-22-23-25-27-29-31-33-37(43)39(45)36(35-42)41-40(46)38(44)34-32-30-28-26-24-21-18-16-14-12-10-8-6-4-2/h12,14,16,18,36-39,42-45H,3-11,13,15,17,19-35H2,1-2H3,(H,41,46)/b14-12-,18-16-. The molecule has 0 spiro atoms. The van der Waals surface area contributed by atoms with E-state index in [1.165, 1.54) is 103 Å². The highest BCUT2D eigenvalue weighted by Gasteiger charge is 2.28. The Morgan fingerprint density at radius 1 is 0.543 bits per heavy atom. The van der Waals surface area contributed by atoms with E-state index in [-0.39, 0.29) is 0 Å². The summed E-state index contributed by atoms with van der Waals surface area (Å²) >= 11 is 0. The zero-order valence-corrected chi connectivity index (χ0v) is 30.3. The molecule has 0 fully saturated rings. The van der Waals surface area contributed by atoms with Crippen molar-refractivity contribution in [3.63, 3.8) is 0 Å². The summed E-state index contributed by atoms with van der Waals surface area (Å²) in [5.41, 5.74) is 0. The Bertz CT molecular complexity index is 697. The van der Waals surface area contributed by atoms with Crippen LogP contribution in [0.25, 0.3) is 0 Å². The van der Waals surface area contributed by atoms with Crippen molar-refractivity contribution in [1.82, 2.24) is 5.32 Å². The molecule has 0 radical (unpaired) electrons. The maximum absolute atomic E-state index is 12.4. The van der Waals surface area contributed by atoms with Crippen LogP contribution in [0.15, 0.2) is 24.3 Å². The summed E-state index contributed by atoms with van der Waals surface area (Å²) < 4.78 is 0. The Kier molecular flexibility index (Phi) is 34.2. The molecule has 0 aliphatic carbocycles. The van der Waals surface area contributed by atoms with E-state index in [0.29, 0.717) is 12.8 Å². The van der Waals surface area contributed by atoms with Crippen molar-refractivity contribution in [2.75, 3.05) is 6.61 Å². The number of carbonyl (C=O) groups is 1. The van der Waals surface area contributed by atoms with Gasteiger partial charge in [-0.1, -0.05) is 179 Å². The van der Waals surface area contributed by atoms with E-state index in [1.54, 1.807) is 0 Å². The quantitative estimate of drug-likeness (QED) is 0.0346. The lowest BCUT2D eigenvalue weighted by Gasteiger charge is -2.27. The number of amides is 1. The van der Waals surface area contributed by atoms with Crippen LogP contribution in [0.1, 0.15) is 194 Å². The fourth-order valence-electron chi connectivity index (χ4n) is 5.98. The van der Waals surface area contributed by atoms with Gasteiger partial charge in [0.1, 0.15) is 12.2 Å². The van der Waals surface area contributed by atoms with Gasteiger partial charge in [0.25, 0.3) is 0 Å². The summed E-state index contributed by atoms with van der Waals surface area (Å²) in [5, 5.41) is 43.5. The summed E-state index contributed by atoms with van der Waals surface area (Å²) in [6.07, 6.45) is 37.6. The molecule has 0 aromatic rings. The average Bonchev–Trinajstić information content (AvgIpc) is 3.06. The van der Waals surface area contributed by atoms with E-state index in [0.717, 1.165) is 64.2 Å². The van der Waals surface area contributed by atoms with E-state index in [2.05, 4.69) is 43.5 Å². The van der Waals surface area contributed by atoms with Gasteiger partial charge >= 0.3 is 0 Å². The van der Waals surface area contributed by atoms with E-state index >= 15 is 0 Å². The first-order valence-electron chi connectivity index (χ1n) is 19.7. The van der Waals surface area contributed by atoms with E-state index in [4.69, 9.17) is 0 Å². The fourth-order valence-corrected chi connectivity index (χ4v) is 5.98. The molecule has 46 heavy (non-hydrogen) atoms. The minimum absolute atomic E-state index is 0.352. The fraction of sp³-hybridized carbons (Fsp3) is 0.875. The highest BCUT2D eigenvalue weighted by Crippen LogP contribution is 2.16. The summed E-state index contributed by atoms with van der Waals surface area (Å²) in [6, 6.07) is -0.988. The number of nitrogens with one attached hydrogen (secondary N) is 1. The molecule has 0 heterocycles. The molecule has 0 aliphatic rings. The van der Waals surface area contributed by atoms with E-state index in [9.17, 15) is 25.2 Å². The maximum atomic E-state index is 12.4. The first kappa shape index (κ1) is 44.8. The molecule has 0 bridgehead atoms. The zero-order chi connectivity index (χ0) is 33.9. The van der Waals surface area contributed by atoms with Crippen molar-refractivity contribution in [3.8, 4) is 0 Å². The molecule has 0 aromatic carbocycles. The largest absolute Gasteiger partial charge is 0.394 e. The number of aliphatic hydroxyl groups excluding tert-OH is 4. The van der Waals surface area contributed by atoms with Crippen molar-refractivity contribution in [2.24, 2.45) is 0 Å². The molecule has 4 unspecified atom stereocenters. The second-order valence-corrected chi connectivity index (χ2v) is 13.7. The average molecular weight is 652 g/mol. The second-order valence-electron chi connectivity index (χ2n) is 13.7. The molecule has 0 aliphatic heterocycles. The number of aliphatic hydroxyl groups is 4. The molecule has 0 saturated heterocycles. The molecule has 0 saturated carbocycles. The van der Waals surface area contributed by atoms with Gasteiger partial charge in [-0.3, -0.25) is 4.79 Å². The molecule has 4 atom stereocenters. The van der Waals surface area contributed by atoms with Gasteiger partial charge in [0.05, 0.1) is 18.8 Å². The summed E-state index contributed by atoms with van der Waals surface area (Å²) in [5.74, 6) is -0.597. The number of hydrogen-bond donors (Lipinski definition) is 5. The SMILES string of the molecule is CCCCC/C=C\C=C/CCCCCCCC(O)C(=O)NC(CO)C(O)C(O)CCCCCCCCCCCCCCCCCC. The molecule has 5 N–H and O–H groups in total. The number of unbranched alkanes of at least 4 members (excludes halogenated alkanes) is 23. The van der Waals surface area contributed by atoms with Crippen molar-refractivity contribution >= 4 is 5.91 Å². The van der Waals surface area contributed by atoms with Crippen molar-refractivity contribution in [2.45, 2.75) is 218 Å². The number of carbonyl (C=O) groups excluding carboxylic acids is 1. The van der Waals surface area contributed by atoms with E-state index in [1.807, 2.05) is 0 Å². The third-order valence-electron chi connectivity index (χ3n) is 9.19. The van der Waals surface area contributed by atoms with Gasteiger partial charge in [0.2, 0.25) is 5.91 Å². The minimum atomic E-state index is -1.26. The van der Waals surface area contributed by atoms with Crippen LogP contribution >= 0.6 is 0 Å². The lowest BCUT2D eigenvalue weighted by atomic mass is 9.99.